The molecule has 3 aromatic rings. The minimum atomic E-state index is -0.894. The molecule has 0 heterocycles. The first-order chi connectivity index (χ1) is 16.3. The van der Waals surface area contributed by atoms with Gasteiger partial charge in [0.25, 0.3) is 0 Å². The number of phenols is 4. The van der Waals surface area contributed by atoms with Crippen LogP contribution in [0.15, 0.2) is 84.5 Å². The standard InChI is InChI=1S/C28H22O6/c29-19-7-2-15(3-8-19)1-4-17-13-23(33)27-24(16-5-9-20(30)10-6-16)25(26(17)28(27)34)18-11-21(31)14-22(32)12-18/h1-14,24-27,29-32H/t24-,25-,26+,27-/m0/s1. The van der Waals surface area contributed by atoms with Crippen molar-refractivity contribution >= 4 is 17.6 Å². The molecule has 34 heavy (non-hydrogen) atoms. The summed E-state index contributed by atoms with van der Waals surface area (Å²) in [4.78, 5) is 26.7. The number of ketones is 2. The fourth-order valence-corrected chi connectivity index (χ4v) is 5.23. The summed E-state index contributed by atoms with van der Waals surface area (Å²) < 4.78 is 0. The van der Waals surface area contributed by atoms with Gasteiger partial charge in [-0.1, -0.05) is 36.4 Å². The highest BCUT2D eigenvalue weighted by Gasteiger charge is 2.56. The molecule has 0 unspecified atom stereocenters. The van der Waals surface area contributed by atoms with Crippen molar-refractivity contribution in [3.05, 3.63) is 101 Å². The Balaban J connectivity index is 1.63. The van der Waals surface area contributed by atoms with Crippen LogP contribution in [0.2, 0.25) is 0 Å². The third-order valence-corrected chi connectivity index (χ3v) is 6.64. The van der Waals surface area contributed by atoms with Crippen LogP contribution in [0.25, 0.3) is 6.08 Å². The largest absolute Gasteiger partial charge is 0.508 e. The van der Waals surface area contributed by atoms with E-state index < -0.39 is 23.7 Å². The number of phenolic OH excluding ortho intramolecular Hbond substituents is 4. The number of hydrogen-bond acceptors (Lipinski definition) is 6. The maximum Gasteiger partial charge on any atom is 0.167 e. The molecule has 0 radical (unpaired) electrons. The maximum absolute atomic E-state index is 13.6. The molecule has 3 aromatic carbocycles. The molecule has 6 nitrogen and oxygen atoms in total. The van der Waals surface area contributed by atoms with E-state index in [-0.39, 0.29) is 34.6 Å². The minimum Gasteiger partial charge on any atom is -0.508 e. The van der Waals surface area contributed by atoms with Gasteiger partial charge in [-0.25, -0.2) is 0 Å². The highest BCUT2D eigenvalue weighted by atomic mass is 16.3. The third-order valence-electron chi connectivity index (χ3n) is 6.64. The zero-order valence-electron chi connectivity index (χ0n) is 18.0. The number of carbonyl (C=O) groups is 2. The molecular weight excluding hydrogens is 432 g/mol. The smallest absolute Gasteiger partial charge is 0.167 e. The number of aromatic hydroxyl groups is 4. The minimum absolute atomic E-state index is 0.0737. The molecule has 2 bridgehead atoms. The number of allylic oxidation sites excluding steroid dienone is 3. The van der Waals surface area contributed by atoms with Crippen molar-refractivity contribution in [2.45, 2.75) is 11.8 Å². The molecule has 0 aliphatic heterocycles. The number of fused-ring (bicyclic) bond motifs is 2. The van der Waals surface area contributed by atoms with Crippen LogP contribution in [0.5, 0.6) is 23.0 Å². The predicted molar refractivity (Wildman–Crippen MR) is 126 cm³/mol. The summed E-state index contributed by atoms with van der Waals surface area (Å²) in [5.74, 6) is -3.14. The van der Waals surface area contributed by atoms with Gasteiger partial charge >= 0.3 is 0 Å². The van der Waals surface area contributed by atoms with Crippen molar-refractivity contribution in [2.75, 3.05) is 0 Å². The zero-order valence-corrected chi connectivity index (χ0v) is 18.0. The van der Waals surface area contributed by atoms with E-state index in [0.717, 1.165) is 11.1 Å². The molecule has 6 heteroatoms. The van der Waals surface area contributed by atoms with Crippen LogP contribution in [0.4, 0.5) is 0 Å². The normalized spacial score (nSPS) is 23.9. The molecular formula is C28H22O6. The molecule has 2 aliphatic carbocycles. The Morgan fingerprint density at radius 2 is 1.15 bits per heavy atom. The number of hydrogen-bond donors (Lipinski definition) is 4. The van der Waals surface area contributed by atoms with Crippen LogP contribution < -0.4 is 0 Å². The lowest BCUT2D eigenvalue weighted by Gasteiger charge is -2.25. The zero-order chi connectivity index (χ0) is 24.0. The van der Waals surface area contributed by atoms with E-state index in [9.17, 15) is 30.0 Å². The quantitative estimate of drug-likeness (QED) is 0.434. The molecule has 0 aromatic heterocycles. The Labute approximate surface area is 195 Å². The van der Waals surface area contributed by atoms with Gasteiger partial charge < -0.3 is 20.4 Å². The second-order valence-corrected chi connectivity index (χ2v) is 8.76. The van der Waals surface area contributed by atoms with E-state index in [0.29, 0.717) is 11.1 Å². The average Bonchev–Trinajstić information content (AvgIpc) is 3.02. The molecule has 1 saturated carbocycles. The highest BCUT2D eigenvalue weighted by molar-refractivity contribution is 6.15. The summed E-state index contributed by atoms with van der Waals surface area (Å²) in [6.07, 6.45) is 5.01. The summed E-state index contributed by atoms with van der Waals surface area (Å²) >= 11 is 0. The number of rotatable bonds is 4. The lowest BCUT2D eigenvalue weighted by molar-refractivity contribution is -0.130. The molecule has 0 spiro atoms. The SMILES string of the molecule is O=C1C=C(C=Cc2ccc(O)cc2)[C@H]2C(=O)[C@@H]1[C@@H](c1ccc(O)cc1)[C@@H]2c1cc(O)cc(O)c1. The summed E-state index contributed by atoms with van der Waals surface area (Å²) in [6, 6.07) is 17.2. The van der Waals surface area contributed by atoms with Gasteiger partial charge in [0.15, 0.2) is 11.6 Å². The first-order valence-electron chi connectivity index (χ1n) is 10.9. The molecule has 0 amide bonds. The summed E-state index contributed by atoms with van der Waals surface area (Å²) in [6.45, 7) is 0. The van der Waals surface area contributed by atoms with Gasteiger partial charge in [-0.05, 0) is 64.7 Å². The van der Waals surface area contributed by atoms with Crippen molar-refractivity contribution in [3.63, 3.8) is 0 Å². The molecule has 0 saturated heterocycles. The van der Waals surface area contributed by atoms with Crippen molar-refractivity contribution in [1.29, 1.82) is 0 Å². The average molecular weight is 454 g/mol. The van der Waals surface area contributed by atoms with Crippen LogP contribution in [0.1, 0.15) is 28.5 Å². The van der Waals surface area contributed by atoms with Gasteiger partial charge in [-0.3, -0.25) is 9.59 Å². The Kier molecular flexibility index (Phi) is 5.21. The molecule has 5 rings (SSSR count). The fraction of sp³-hybridized carbons (Fsp3) is 0.143. The maximum atomic E-state index is 13.6. The van der Waals surface area contributed by atoms with Crippen molar-refractivity contribution in [2.24, 2.45) is 11.8 Å². The first-order valence-corrected chi connectivity index (χ1v) is 10.9. The van der Waals surface area contributed by atoms with Gasteiger partial charge in [0.2, 0.25) is 0 Å². The van der Waals surface area contributed by atoms with Crippen molar-refractivity contribution in [3.8, 4) is 23.0 Å². The van der Waals surface area contributed by atoms with Gasteiger partial charge in [-0.2, -0.15) is 0 Å². The van der Waals surface area contributed by atoms with Crippen molar-refractivity contribution < 1.29 is 30.0 Å². The van der Waals surface area contributed by atoms with E-state index in [2.05, 4.69) is 0 Å². The van der Waals surface area contributed by atoms with E-state index in [1.807, 2.05) is 0 Å². The second kappa shape index (κ2) is 8.23. The van der Waals surface area contributed by atoms with Gasteiger partial charge in [-0.15, -0.1) is 0 Å². The summed E-state index contributed by atoms with van der Waals surface area (Å²) in [5, 5.41) is 39.6. The van der Waals surface area contributed by atoms with Crippen LogP contribution in [-0.4, -0.2) is 32.0 Å². The van der Waals surface area contributed by atoms with Crippen LogP contribution in [0.3, 0.4) is 0 Å². The Morgan fingerprint density at radius 3 is 1.76 bits per heavy atom. The van der Waals surface area contributed by atoms with Crippen LogP contribution in [-0.2, 0) is 9.59 Å². The molecule has 4 atom stereocenters. The van der Waals surface area contributed by atoms with Gasteiger partial charge in [0.1, 0.15) is 23.0 Å². The van der Waals surface area contributed by atoms with E-state index in [4.69, 9.17) is 0 Å². The second-order valence-electron chi connectivity index (χ2n) is 8.76. The highest BCUT2D eigenvalue weighted by Crippen LogP contribution is 2.56. The molecule has 1 fully saturated rings. The lowest BCUT2D eigenvalue weighted by atomic mass is 9.77. The fourth-order valence-electron chi connectivity index (χ4n) is 5.23. The predicted octanol–water partition coefficient (Wildman–Crippen LogP) is 4.41. The van der Waals surface area contributed by atoms with E-state index in [1.165, 1.54) is 36.4 Å². The number of benzene rings is 3. The topological polar surface area (TPSA) is 115 Å². The monoisotopic (exact) mass is 454 g/mol. The molecule has 170 valence electrons. The summed E-state index contributed by atoms with van der Waals surface area (Å²) in [5.41, 5.74) is 2.61. The number of carbonyl (C=O) groups excluding carboxylic acids is 2. The first kappa shape index (κ1) is 21.5. The van der Waals surface area contributed by atoms with Gasteiger partial charge in [0, 0.05) is 17.9 Å². The van der Waals surface area contributed by atoms with Crippen molar-refractivity contribution in [1.82, 2.24) is 0 Å². The number of Topliss-reactive ketones (excluding diaryl/α,β-unsaturated/α-hetero) is 1. The molecule has 4 N–H and O–H groups in total. The van der Waals surface area contributed by atoms with Gasteiger partial charge in [0.05, 0.1) is 11.8 Å². The Bertz CT molecular complexity index is 1310. The van der Waals surface area contributed by atoms with Crippen LogP contribution in [0, 0.1) is 11.8 Å². The Morgan fingerprint density at radius 1 is 0.588 bits per heavy atom. The third kappa shape index (κ3) is 3.73. The van der Waals surface area contributed by atoms with Crippen LogP contribution >= 0.6 is 0 Å². The summed E-state index contributed by atoms with van der Waals surface area (Å²) in [7, 11) is 0. The Hall–Kier alpha value is -4.32. The molecule has 2 aliphatic rings. The van der Waals surface area contributed by atoms with E-state index in [1.54, 1.807) is 48.6 Å². The van der Waals surface area contributed by atoms with E-state index >= 15 is 0 Å². The lowest BCUT2D eigenvalue weighted by Crippen LogP contribution is -2.29.